The van der Waals surface area contributed by atoms with Gasteiger partial charge in [-0.25, -0.2) is 0 Å². The van der Waals surface area contributed by atoms with Crippen LogP contribution in [0.25, 0.3) is 0 Å². The van der Waals surface area contributed by atoms with Gasteiger partial charge in [-0.1, -0.05) is 18.9 Å². The van der Waals surface area contributed by atoms with Crippen LogP contribution in [0.3, 0.4) is 0 Å². The van der Waals surface area contributed by atoms with E-state index < -0.39 is 0 Å². The second-order valence-electron chi connectivity index (χ2n) is 7.54. The average molecular weight is 370 g/mol. The van der Waals surface area contributed by atoms with Gasteiger partial charge in [0.2, 0.25) is 0 Å². The van der Waals surface area contributed by atoms with E-state index in [4.69, 9.17) is 14.5 Å². The SMILES string of the molecule is COc1ccc(C2CC(=O)C(C3=N[C@@H]4CCCC[C@H]4N3)=C(O)C2)c(OC)c1. The van der Waals surface area contributed by atoms with E-state index in [1.165, 1.54) is 12.8 Å². The minimum absolute atomic E-state index is 0.0634. The molecule has 27 heavy (non-hydrogen) atoms. The van der Waals surface area contributed by atoms with Crippen LogP contribution in [-0.2, 0) is 4.79 Å². The molecule has 1 saturated carbocycles. The number of carbonyl (C=O) groups excluding carboxylic acids is 1. The summed E-state index contributed by atoms with van der Waals surface area (Å²) in [5.41, 5.74) is 1.29. The zero-order chi connectivity index (χ0) is 19.0. The quantitative estimate of drug-likeness (QED) is 0.850. The Hall–Kier alpha value is -2.50. The number of benzene rings is 1. The van der Waals surface area contributed by atoms with Gasteiger partial charge in [0, 0.05) is 30.9 Å². The van der Waals surface area contributed by atoms with Gasteiger partial charge < -0.3 is 19.9 Å². The van der Waals surface area contributed by atoms with E-state index in [0.717, 1.165) is 18.4 Å². The number of ether oxygens (including phenoxy) is 2. The molecule has 6 nitrogen and oxygen atoms in total. The maximum absolute atomic E-state index is 12.9. The Kier molecular flexibility index (Phi) is 4.81. The highest BCUT2D eigenvalue weighted by molar-refractivity contribution is 6.23. The predicted octanol–water partition coefficient (Wildman–Crippen LogP) is 3.28. The maximum atomic E-state index is 12.9. The van der Waals surface area contributed by atoms with E-state index in [1.807, 2.05) is 18.2 Å². The van der Waals surface area contributed by atoms with E-state index in [9.17, 15) is 9.90 Å². The molecule has 0 amide bonds. The summed E-state index contributed by atoms with van der Waals surface area (Å²) in [7, 11) is 3.20. The van der Waals surface area contributed by atoms with Crippen molar-refractivity contribution in [2.24, 2.45) is 4.99 Å². The number of hydrogen-bond donors (Lipinski definition) is 2. The minimum atomic E-state index is -0.119. The van der Waals surface area contributed by atoms with Crippen molar-refractivity contribution in [3.05, 3.63) is 35.1 Å². The molecular weight excluding hydrogens is 344 g/mol. The van der Waals surface area contributed by atoms with Gasteiger partial charge in [-0.3, -0.25) is 9.79 Å². The van der Waals surface area contributed by atoms with Crippen LogP contribution in [0.1, 0.15) is 50.0 Å². The molecule has 1 aliphatic heterocycles. The lowest BCUT2D eigenvalue weighted by Crippen LogP contribution is -2.39. The van der Waals surface area contributed by atoms with Crippen LogP contribution < -0.4 is 14.8 Å². The summed E-state index contributed by atoms with van der Waals surface area (Å²) in [6, 6.07) is 6.12. The number of rotatable bonds is 4. The Labute approximate surface area is 159 Å². The summed E-state index contributed by atoms with van der Waals surface area (Å²) in [4.78, 5) is 17.6. The van der Waals surface area contributed by atoms with Crippen molar-refractivity contribution < 1.29 is 19.4 Å². The maximum Gasteiger partial charge on any atom is 0.170 e. The van der Waals surface area contributed by atoms with Crippen molar-refractivity contribution >= 4 is 11.6 Å². The Bertz CT molecular complexity index is 814. The van der Waals surface area contributed by atoms with E-state index in [-0.39, 0.29) is 23.5 Å². The summed E-state index contributed by atoms with van der Waals surface area (Å²) in [6.45, 7) is 0. The van der Waals surface area contributed by atoms with Crippen molar-refractivity contribution in [1.82, 2.24) is 5.32 Å². The third-order valence-electron chi connectivity index (χ3n) is 5.90. The van der Waals surface area contributed by atoms with Gasteiger partial charge in [0.25, 0.3) is 0 Å². The highest BCUT2D eigenvalue weighted by atomic mass is 16.5. The molecule has 0 saturated heterocycles. The van der Waals surface area contributed by atoms with E-state index in [1.54, 1.807) is 14.2 Å². The Morgan fingerprint density at radius 3 is 2.67 bits per heavy atom. The number of aliphatic imine (C=N–C) groups is 1. The summed E-state index contributed by atoms with van der Waals surface area (Å²) in [5, 5.41) is 14.1. The molecule has 1 heterocycles. The number of Topliss-reactive ketones (excluding diaryl/α,β-unsaturated/α-hetero) is 1. The second-order valence-corrected chi connectivity index (χ2v) is 7.54. The largest absolute Gasteiger partial charge is 0.511 e. The smallest absolute Gasteiger partial charge is 0.170 e. The summed E-state index contributed by atoms with van der Waals surface area (Å²) in [6.07, 6.45) is 5.23. The minimum Gasteiger partial charge on any atom is -0.511 e. The first kappa shape index (κ1) is 17.9. The van der Waals surface area contributed by atoms with Crippen molar-refractivity contribution in [3.63, 3.8) is 0 Å². The predicted molar refractivity (Wildman–Crippen MR) is 103 cm³/mol. The number of aliphatic hydroxyl groups is 1. The number of ketones is 1. The lowest BCUT2D eigenvalue weighted by atomic mass is 9.82. The first-order chi connectivity index (χ1) is 13.1. The number of hydrogen-bond acceptors (Lipinski definition) is 6. The van der Waals surface area contributed by atoms with Gasteiger partial charge in [-0.2, -0.15) is 0 Å². The average Bonchev–Trinajstić information content (AvgIpc) is 3.10. The molecule has 1 aromatic rings. The standard InChI is InChI=1S/C21H26N2O4/c1-26-13-7-8-14(19(11-13)27-2)12-9-17(24)20(18(25)10-12)21-22-15-5-3-4-6-16(15)23-21/h7-8,11-12,15-16,24H,3-6,9-10H2,1-2H3,(H,22,23)/t12?,15-,16-/m1/s1. The molecule has 2 N–H and O–H groups in total. The molecular formula is C21H26N2O4. The molecule has 1 fully saturated rings. The third kappa shape index (κ3) is 3.29. The Morgan fingerprint density at radius 1 is 1.15 bits per heavy atom. The van der Waals surface area contributed by atoms with Crippen LogP contribution >= 0.6 is 0 Å². The highest BCUT2D eigenvalue weighted by Crippen LogP contribution is 2.40. The molecule has 3 aliphatic rings. The van der Waals surface area contributed by atoms with E-state index in [2.05, 4.69) is 5.32 Å². The number of methoxy groups -OCH3 is 2. The molecule has 144 valence electrons. The Morgan fingerprint density at radius 2 is 1.96 bits per heavy atom. The van der Waals surface area contributed by atoms with Crippen LogP contribution in [0.5, 0.6) is 11.5 Å². The van der Waals surface area contributed by atoms with Crippen LogP contribution in [0, 0.1) is 0 Å². The number of fused-ring (bicyclic) bond motifs is 1. The van der Waals surface area contributed by atoms with Gasteiger partial charge in [0.15, 0.2) is 5.78 Å². The number of allylic oxidation sites excluding steroid dienone is 1. The number of aliphatic hydroxyl groups excluding tert-OH is 1. The Balaban J connectivity index is 1.59. The fourth-order valence-corrected chi connectivity index (χ4v) is 4.49. The van der Waals surface area contributed by atoms with Gasteiger partial charge in [0.05, 0.1) is 25.8 Å². The zero-order valence-electron chi connectivity index (χ0n) is 15.8. The molecule has 1 unspecified atom stereocenters. The molecule has 6 heteroatoms. The molecule has 0 spiro atoms. The van der Waals surface area contributed by atoms with Crippen LogP contribution in [-0.4, -0.2) is 43.0 Å². The molecule has 0 bridgehead atoms. The highest BCUT2D eigenvalue weighted by Gasteiger charge is 2.38. The topological polar surface area (TPSA) is 80.2 Å². The number of amidine groups is 1. The van der Waals surface area contributed by atoms with Crippen molar-refractivity contribution in [2.45, 2.75) is 56.5 Å². The summed E-state index contributed by atoms with van der Waals surface area (Å²) >= 11 is 0. The first-order valence-corrected chi connectivity index (χ1v) is 9.62. The van der Waals surface area contributed by atoms with Gasteiger partial charge >= 0.3 is 0 Å². The van der Waals surface area contributed by atoms with Crippen molar-refractivity contribution in [1.29, 1.82) is 0 Å². The molecule has 1 aromatic carbocycles. The number of carbonyl (C=O) groups is 1. The van der Waals surface area contributed by atoms with Gasteiger partial charge in [-0.15, -0.1) is 0 Å². The lowest BCUT2D eigenvalue weighted by Gasteiger charge is -2.26. The second kappa shape index (κ2) is 7.25. The normalized spacial score (nSPS) is 27.7. The van der Waals surface area contributed by atoms with E-state index >= 15 is 0 Å². The first-order valence-electron chi connectivity index (χ1n) is 9.62. The molecule has 3 atom stereocenters. The van der Waals surface area contributed by atoms with Crippen LogP contribution in [0.2, 0.25) is 0 Å². The molecule has 0 radical (unpaired) electrons. The number of nitrogens with zero attached hydrogens (tertiary/aromatic N) is 1. The zero-order valence-corrected chi connectivity index (χ0v) is 15.8. The molecule has 2 aliphatic carbocycles. The van der Waals surface area contributed by atoms with Crippen molar-refractivity contribution in [2.75, 3.05) is 14.2 Å². The van der Waals surface area contributed by atoms with Gasteiger partial charge in [-0.05, 0) is 24.5 Å². The third-order valence-corrected chi connectivity index (χ3v) is 5.90. The fraction of sp³-hybridized carbons (Fsp3) is 0.524. The summed E-state index contributed by atoms with van der Waals surface area (Å²) < 4.78 is 10.7. The lowest BCUT2D eigenvalue weighted by molar-refractivity contribution is -0.116. The van der Waals surface area contributed by atoms with Gasteiger partial charge in [0.1, 0.15) is 23.1 Å². The number of nitrogens with one attached hydrogen (secondary N) is 1. The van der Waals surface area contributed by atoms with Crippen molar-refractivity contribution in [3.8, 4) is 11.5 Å². The monoisotopic (exact) mass is 370 g/mol. The summed E-state index contributed by atoms with van der Waals surface area (Å²) in [5.74, 6) is 1.91. The molecule has 0 aromatic heterocycles. The fourth-order valence-electron chi connectivity index (χ4n) is 4.49. The van der Waals surface area contributed by atoms with Crippen LogP contribution in [0.4, 0.5) is 0 Å². The van der Waals surface area contributed by atoms with E-state index in [0.29, 0.717) is 41.8 Å². The van der Waals surface area contributed by atoms with Crippen LogP contribution in [0.15, 0.2) is 34.5 Å². The molecule has 4 rings (SSSR count).